The van der Waals surface area contributed by atoms with Gasteiger partial charge in [-0.1, -0.05) is 52.9 Å². The molecule has 0 aromatic rings. The normalized spacial score (nSPS) is 20.2. The van der Waals surface area contributed by atoms with Gasteiger partial charge in [-0.2, -0.15) is 0 Å². The zero-order valence-electron chi connectivity index (χ0n) is 12.4. The first-order valence-corrected chi connectivity index (χ1v) is 7.74. The minimum atomic E-state index is -0.554. The van der Waals surface area contributed by atoms with E-state index in [9.17, 15) is 9.90 Å². The van der Waals surface area contributed by atoms with Crippen LogP contribution in [-0.2, 0) is 4.79 Å². The summed E-state index contributed by atoms with van der Waals surface area (Å²) in [6.45, 7) is 6.50. The summed E-state index contributed by atoms with van der Waals surface area (Å²) in [4.78, 5) is 11.7. The predicted molar refractivity (Wildman–Crippen MR) is 75.6 cm³/mol. The van der Waals surface area contributed by atoms with Crippen molar-refractivity contribution in [3.05, 3.63) is 0 Å². The number of rotatable bonds is 8. The molecular weight excluding hydrogens is 224 g/mol. The number of carboxylic acids is 1. The van der Waals surface area contributed by atoms with Crippen molar-refractivity contribution >= 4 is 5.97 Å². The first kappa shape index (κ1) is 15.5. The maximum absolute atomic E-state index is 11.7. The fourth-order valence-electron chi connectivity index (χ4n) is 3.66. The summed E-state index contributed by atoms with van der Waals surface area (Å²) in [5, 5.41) is 9.60. The van der Waals surface area contributed by atoms with E-state index in [-0.39, 0.29) is 11.3 Å². The topological polar surface area (TPSA) is 37.3 Å². The number of carbonyl (C=O) groups is 1. The minimum Gasteiger partial charge on any atom is -0.481 e. The number of unbranched alkanes of at least 4 members (excludes halogenated alkanes) is 2. The summed E-state index contributed by atoms with van der Waals surface area (Å²) in [5.41, 5.74) is 0.116. The molecule has 0 aromatic heterocycles. The molecule has 18 heavy (non-hydrogen) atoms. The molecule has 0 aromatic carbocycles. The van der Waals surface area contributed by atoms with Crippen molar-refractivity contribution < 1.29 is 9.90 Å². The average Bonchev–Trinajstić information content (AvgIpc) is 2.75. The van der Waals surface area contributed by atoms with Gasteiger partial charge in [0, 0.05) is 0 Å². The van der Waals surface area contributed by atoms with Crippen molar-refractivity contribution in [2.75, 3.05) is 0 Å². The van der Waals surface area contributed by atoms with Gasteiger partial charge in [-0.05, 0) is 37.0 Å². The summed E-state index contributed by atoms with van der Waals surface area (Å²) in [5.74, 6) is -0.186. The first-order chi connectivity index (χ1) is 8.52. The Bertz CT molecular complexity index is 252. The Balaban J connectivity index is 2.75. The van der Waals surface area contributed by atoms with Crippen LogP contribution in [0.5, 0.6) is 0 Å². The molecule has 0 radical (unpaired) electrons. The van der Waals surface area contributed by atoms with Gasteiger partial charge in [-0.15, -0.1) is 0 Å². The molecule has 1 aliphatic carbocycles. The van der Waals surface area contributed by atoms with Crippen LogP contribution in [0.3, 0.4) is 0 Å². The second-order valence-electron chi connectivity index (χ2n) is 6.55. The van der Waals surface area contributed by atoms with E-state index in [1.165, 1.54) is 32.1 Å². The van der Waals surface area contributed by atoms with Crippen molar-refractivity contribution in [3.63, 3.8) is 0 Å². The van der Waals surface area contributed by atoms with E-state index in [1.807, 2.05) is 0 Å². The van der Waals surface area contributed by atoms with Crippen molar-refractivity contribution in [2.24, 2.45) is 17.3 Å². The van der Waals surface area contributed by atoms with Crippen LogP contribution >= 0.6 is 0 Å². The average molecular weight is 254 g/mol. The molecule has 1 saturated carbocycles. The Morgan fingerprint density at radius 1 is 1.22 bits per heavy atom. The number of hydrogen-bond donors (Lipinski definition) is 1. The molecule has 0 unspecified atom stereocenters. The lowest BCUT2D eigenvalue weighted by Crippen LogP contribution is -2.35. The van der Waals surface area contributed by atoms with E-state index in [0.29, 0.717) is 5.92 Å². The zero-order valence-corrected chi connectivity index (χ0v) is 12.4. The first-order valence-electron chi connectivity index (χ1n) is 7.74. The fourth-order valence-corrected chi connectivity index (χ4v) is 3.66. The third-order valence-corrected chi connectivity index (χ3v) is 4.62. The molecule has 1 N–H and O–H groups in total. The summed E-state index contributed by atoms with van der Waals surface area (Å²) in [6, 6.07) is 0. The van der Waals surface area contributed by atoms with E-state index < -0.39 is 5.97 Å². The Morgan fingerprint density at radius 2 is 1.83 bits per heavy atom. The maximum Gasteiger partial charge on any atom is 0.307 e. The van der Waals surface area contributed by atoms with Gasteiger partial charge in [0.2, 0.25) is 0 Å². The number of hydrogen-bond acceptors (Lipinski definition) is 1. The highest BCUT2D eigenvalue weighted by Gasteiger charge is 2.44. The molecule has 0 bridgehead atoms. The van der Waals surface area contributed by atoms with Crippen LogP contribution in [0.1, 0.15) is 78.6 Å². The van der Waals surface area contributed by atoms with Crippen molar-refractivity contribution in [2.45, 2.75) is 78.6 Å². The van der Waals surface area contributed by atoms with E-state index in [0.717, 1.165) is 25.7 Å². The third kappa shape index (κ3) is 4.00. The van der Waals surface area contributed by atoms with E-state index in [1.54, 1.807) is 0 Å². The molecule has 2 heteroatoms. The standard InChI is InChI=1S/C16H30O2/c1-4-5-6-9-16(10-7-8-11-16)14(15(17)18)12-13(2)3/h13-14H,4-12H2,1-3H3,(H,17,18)/t14-/m0/s1. The van der Waals surface area contributed by atoms with Crippen LogP contribution in [0.15, 0.2) is 0 Å². The SMILES string of the molecule is CCCCCC1([C@@H](CC(C)C)C(=O)O)CCCC1. The predicted octanol–water partition coefficient (Wildman–Crippen LogP) is 4.87. The van der Waals surface area contributed by atoms with E-state index in [2.05, 4.69) is 20.8 Å². The largest absolute Gasteiger partial charge is 0.481 e. The van der Waals surface area contributed by atoms with Crippen LogP contribution in [0.2, 0.25) is 0 Å². The molecule has 1 atom stereocenters. The smallest absolute Gasteiger partial charge is 0.307 e. The zero-order chi connectivity index (χ0) is 13.6. The fraction of sp³-hybridized carbons (Fsp3) is 0.938. The maximum atomic E-state index is 11.7. The van der Waals surface area contributed by atoms with Crippen LogP contribution in [0, 0.1) is 17.3 Å². The van der Waals surface area contributed by atoms with E-state index in [4.69, 9.17) is 0 Å². The molecule has 0 saturated heterocycles. The molecule has 0 spiro atoms. The summed E-state index contributed by atoms with van der Waals surface area (Å²) >= 11 is 0. The van der Waals surface area contributed by atoms with Gasteiger partial charge < -0.3 is 5.11 Å². The molecule has 106 valence electrons. The second-order valence-corrected chi connectivity index (χ2v) is 6.55. The van der Waals surface area contributed by atoms with Crippen molar-refractivity contribution in [1.29, 1.82) is 0 Å². The molecule has 1 fully saturated rings. The Kier molecular flexibility index (Phi) is 6.17. The highest BCUT2D eigenvalue weighted by Crippen LogP contribution is 2.50. The second kappa shape index (κ2) is 7.16. The molecule has 0 amide bonds. The van der Waals surface area contributed by atoms with Gasteiger partial charge in [0.25, 0.3) is 0 Å². The summed E-state index contributed by atoms with van der Waals surface area (Å²) < 4.78 is 0. The van der Waals surface area contributed by atoms with Crippen LogP contribution < -0.4 is 0 Å². The molecule has 0 aliphatic heterocycles. The van der Waals surface area contributed by atoms with Crippen LogP contribution in [0.25, 0.3) is 0 Å². The number of carboxylic acid groups (broad SMARTS) is 1. The molecular formula is C16H30O2. The Morgan fingerprint density at radius 3 is 2.28 bits per heavy atom. The summed E-state index contributed by atoms with van der Waals surface area (Å²) in [7, 11) is 0. The van der Waals surface area contributed by atoms with Gasteiger partial charge in [0.1, 0.15) is 0 Å². The van der Waals surface area contributed by atoms with Gasteiger partial charge in [0.05, 0.1) is 5.92 Å². The Hall–Kier alpha value is -0.530. The van der Waals surface area contributed by atoms with Gasteiger partial charge in [-0.3, -0.25) is 4.79 Å². The molecule has 2 nitrogen and oxygen atoms in total. The monoisotopic (exact) mass is 254 g/mol. The van der Waals surface area contributed by atoms with Crippen molar-refractivity contribution in [3.8, 4) is 0 Å². The Labute approximate surface area is 112 Å². The lowest BCUT2D eigenvalue weighted by Gasteiger charge is -2.36. The highest BCUT2D eigenvalue weighted by atomic mass is 16.4. The lowest BCUT2D eigenvalue weighted by atomic mass is 9.67. The molecule has 1 rings (SSSR count). The van der Waals surface area contributed by atoms with Gasteiger partial charge in [-0.25, -0.2) is 0 Å². The summed E-state index contributed by atoms with van der Waals surface area (Å²) in [6.07, 6.45) is 10.4. The highest BCUT2D eigenvalue weighted by molar-refractivity contribution is 5.71. The van der Waals surface area contributed by atoms with Crippen LogP contribution in [-0.4, -0.2) is 11.1 Å². The quantitative estimate of drug-likeness (QED) is 0.627. The van der Waals surface area contributed by atoms with Crippen LogP contribution in [0.4, 0.5) is 0 Å². The molecule has 0 heterocycles. The van der Waals surface area contributed by atoms with Crippen molar-refractivity contribution in [1.82, 2.24) is 0 Å². The lowest BCUT2D eigenvalue weighted by molar-refractivity contribution is -0.148. The molecule has 1 aliphatic rings. The third-order valence-electron chi connectivity index (χ3n) is 4.62. The van der Waals surface area contributed by atoms with E-state index >= 15 is 0 Å². The van der Waals surface area contributed by atoms with Gasteiger partial charge in [0.15, 0.2) is 0 Å². The minimum absolute atomic E-state index is 0.114. The van der Waals surface area contributed by atoms with Gasteiger partial charge >= 0.3 is 5.97 Å². The number of aliphatic carboxylic acids is 1.